The van der Waals surface area contributed by atoms with Crippen LogP contribution < -0.4 is 4.73 Å². The van der Waals surface area contributed by atoms with E-state index in [0.717, 1.165) is 4.73 Å². The van der Waals surface area contributed by atoms with Crippen molar-refractivity contribution in [1.82, 2.24) is 4.98 Å². The minimum Gasteiger partial charge on any atom is -0.618 e. The highest BCUT2D eigenvalue weighted by molar-refractivity contribution is 5.78. The van der Waals surface area contributed by atoms with Gasteiger partial charge in [0.25, 0.3) is 0 Å². The van der Waals surface area contributed by atoms with Gasteiger partial charge in [0, 0.05) is 24.6 Å². The predicted molar refractivity (Wildman–Crippen MR) is 82.4 cm³/mol. The molecule has 0 amide bonds. The van der Waals surface area contributed by atoms with Crippen LogP contribution in [0, 0.1) is 12.1 Å². The molecule has 0 unspecified atom stereocenters. The Balaban J connectivity index is 2.15. The highest BCUT2D eigenvalue weighted by Crippen LogP contribution is 2.17. The van der Waals surface area contributed by atoms with Gasteiger partial charge in [-0.15, -0.1) is 0 Å². The largest absolute Gasteiger partial charge is 0.618 e. The summed E-state index contributed by atoms with van der Waals surface area (Å²) >= 11 is 0. The highest BCUT2D eigenvalue weighted by Gasteiger charge is 2.14. The van der Waals surface area contributed by atoms with Gasteiger partial charge in [0.2, 0.25) is 11.2 Å². The maximum absolute atomic E-state index is 12.2. The first kappa shape index (κ1) is 13.1. The quantitative estimate of drug-likeness (QED) is 0.445. The van der Waals surface area contributed by atoms with Crippen molar-refractivity contribution in [1.29, 1.82) is 0 Å². The molecule has 0 saturated heterocycles. The van der Waals surface area contributed by atoms with Gasteiger partial charge in [-0.05, 0) is 6.07 Å². The first-order chi connectivity index (χ1) is 10.2. The fourth-order valence-corrected chi connectivity index (χ4v) is 2.18. The summed E-state index contributed by atoms with van der Waals surface area (Å²) in [4.78, 5) is 4.44. The Kier molecular flexibility index (Phi) is 3.28. The van der Waals surface area contributed by atoms with Crippen molar-refractivity contribution in [3.63, 3.8) is 0 Å². The molecule has 21 heavy (non-hydrogen) atoms. The smallest absolute Gasteiger partial charge is 0.242 e. The Labute approximate surface area is 122 Å². The molecule has 1 N–H and O–H groups in total. The van der Waals surface area contributed by atoms with Crippen LogP contribution in [0.25, 0.3) is 22.9 Å². The van der Waals surface area contributed by atoms with Crippen molar-refractivity contribution >= 4 is 22.9 Å². The van der Waals surface area contributed by atoms with Gasteiger partial charge in [-0.2, -0.15) is 4.73 Å². The van der Waals surface area contributed by atoms with E-state index in [0.29, 0.717) is 28.0 Å². The van der Waals surface area contributed by atoms with Crippen molar-refractivity contribution < 1.29 is 9.84 Å². The second-order valence-electron chi connectivity index (χ2n) is 4.76. The van der Waals surface area contributed by atoms with Gasteiger partial charge in [-0.3, -0.25) is 0 Å². The zero-order chi connectivity index (χ0) is 14.8. The molecule has 0 aliphatic rings. The zero-order valence-corrected chi connectivity index (χ0v) is 11.5. The van der Waals surface area contributed by atoms with E-state index in [1.807, 2.05) is 24.3 Å². The van der Waals surface area contributed by atoms with Crippen LogP contribution in [0.1, 0.15) is 17.0 Å². The SMILES string of the molecule is Cc1c(/C=C(\O)c2ccccc2)nc2ccccc2[n+]1[O-]. The van der Waals surface area contributed by atoms with Crippen LogP contribution in [0.5, 0.6) is 0 Å². The first-order valence-electron chi connectivity index (χ1n) is 6.62. The molecule has 0 atom stereocenters. The second-order valence-corrected chi connectivity index (χ2v) is 4.76. The van der Waals surface area contributed by atoms with E-state index in [1.54, 1.807) is 37.3 Å². The van der Waals surface area contributed by atoms with Gasteiger partial charge in [-0.1, -0.05) is 42.5 Å². The lowest BCUT2D eigenvalue weighted by molar-refractivity contribution is -0.584. The first-order valence-corrected chi connectivity index (χ1v) is 6.62. The molecule has 3 aromatic rings. The summed E-state index contributed by atoms with van der Waals surface area (Å²) in [5, 5.41) is 22.4. The van der Waals surface area contributed by atoms with Crippen LogP contribution in [0.3, 0.4) is 0 Å². The van der Waals surface area contributed by atoms with Crippen molar-refractivity contribution in [2.24, 2.45) is 0 Å². The molecule has 0 aliphatic heterocycles. The minimum atomic E-state index is 0.0847. The lowest BCUT2D eigenvalue weighted by Crippen LogP contribution is -2.32. The topological polar surface area (TPSA) is 60.1 Å². The number of aliphatic hydroxyl groups is 1. The van der Waals surface area contributed by atoms with E-state index >= 15 is 0 Å². The lowest BCUT2D eigenvalue weighted by atomic mass is 10.1. The zero-order valence-electron chi connectivity index (χ0n) is 11.5. The molecule has 1 heterocycles. The fourth-order valence-electron chi connectivity index (χ4n) is 2.18. The van der Waals surface area contributed by atoms with Crippen LogP contribution in [-0.4, -0.2) is 10.1 Å². The molecular formula is C17H14N2O2. The number of fused-ring (bicyclic) bond motifs is 1. The summed E-state index contributed by atoms with van der Waals surface area (Å²) in [6.45, 7) is 1.69. The molecule has 2 aromatic carbocycles. The van der Waals surface area contributed by atoms with Crippen molar-refractivity contribution in [2.45, 2.75) is 6.92 Å². The van der Waals surface area contributed by atoms with Gasteiger partial charge < -0.3 is 10.3 Å². The number of para-hydroxylation sites is 2. The number of rotatable bonds is 2. The summed E-state index contributed by atoms with van der Waals surface area (Å²) in [5.41, 5.74) is 2.72. The van der Waals surface area contributed by atoms with Gasteiger partial charge in [0.1, 0.15) is 17.0 Å². The molecule has 104 valence electrons. The molecule has 1 aromatic heterocycles. The number of nitrogens with zero attached hydrogens (tertiary/aromatic N) is 2. The van der Waals surface area contributed by atoms with Gasteiger partial charge >= 0.3 is 0 Å². The maximum Gasteiger partial charge on any atom is 0.242 e. The van der Waals surface area contributed by atoms with Crippen LogP contribution in [0.4, 0.5) is 0 Å². The van der Waals surface area contributed by atoms with Gasteiger partial charge in [0.05, 0.1) is 0 Å². The van der Waals surface area contributed by atoms with E-state index in [4.69, 9.17) is 0 Å². The van der Waals surface area contributed by atoms with Crippen molar-refractivity contribution in [3.05, 3.63) is 76.8 Å². The van der Waals surface area contributed by atoms with Crippen molar-refractivity contribution in [3.8, 4) is 0 Å². The van der Waals surface area contributed by atoms with E-state index < -0.39 is 0 Å². The molecule has 0 bridgehead atoms. The van der Waals surface area contributed by atoms with Gasteiger partial charge in [-0.25, -0.2) is 4.98 Å². The summed E-state index contributed by atoms with van der Waals surface area (Å²) in [6.07, 6.45) is 1.52. The van der Waals surface area contributed by atoms with Crippen LogP contribution in [0.2, 0.25) is 0 Å². The van der Waals surface area contributed by atoms with Crippen LogP contribution in [0.15, 0.2) is 54.6 Å². The minimum absolute atomic E-state index is 0.0847. The molecule has 4 heteroatoms. The molecule has 0 radical (unpaired) electrons. The Hall–Kier alpha value is -2.88. The third kappa shape index (κ3) is 2.43. The number of hydrogen-bond acceptors (Lipinski definition) is 3. The number of hydrogen-bond donors (Lipinski definition) is 1. The molecule has 3 rings (SSSR count). The maximum atomic E-state index is 12.2. The normalized spacial score (nSPS) is 11.8. The average molecular weight is 278 g/mol. The van der Waals surface area contributed by atoms with E-state index in [2.05, 4.69) is 4.98 Å². The number of benzene rings is 2. The molecule has 0 aliphatic carbocycles. The van der Waals surface area contributed by atoms with E-state index in [-0.39, 0.29) is 5.76 Å². The van der Waals surface area contributed by atoms with E-state index in [9.17, 15) is 10.3 Å². The van der Waals surface area contributed by atoms with Gasteiger partial charge in [0.15, 0.2) is 0 Å². The summed E-state index contributed by atoms with van der Waals surface area (Å²) in [6, 6.07) is 16.3. The third-order valence-electron chi connectivity index (χ3n) is 3.36. The second kappa shape index (κ2) is 5.25. The highest BCUT2D eigenvalue weighted by atomic mass is 16.5. The Morgan fingerprint density at radius 3 is 2.52 bits per heavy atom. The third-order valence-corrected chi connectivity index (χ3v) is 3.36. The standard InChI is InChI=1S/C17H14N2O2/c1-12-15(11-17(20)13-7-3-2-4-8-13)18-14-9-5-6-10-16(14)19(12)21/h2-11,20H,1H3/b17-11-. The fraction of sp³-hybridized carbons (Fsp3) is 0.0588. The number of aliphatic hydroxyl groups excluding tert-OH is 1. The molecular weight excluding hydrogens is 264 g/mol. The summed E-state index contributed by atoms with van der Waals surface area (Å²) in [5.74, 6) is 0.0847. The molecule has 4 nitrogen and oxygen atoms in total. The molecule has 0 spiro atoms. The van der Waals surface area contributed by atoms with Crippen LogP contribution in [-0.2, 0) is 0 Å². The van der Waals surface area contributed by atoms with Crippen molar-refractivity contribution in [2.75, 3.05) is 0 Å². The molecule has 0 fully saturated rings. The Morgan fingerprint density at radius 2 is 1.76 bits per heavy atom. The van der Waals surface area contributed by atoms with Crippen LogP contribution >= 0.6 is 0 Å². The summed E-state index contributed by atoms with van der Waals surface area (Å²) in [7, 11) is 0. The van der Waals surface area contributed by atoms with E-state index in [1.165, 1.54) is 6.08 Å². The Bertz CT molecular complexity index is 827. The monoisotopic (exact) mass is 278 g/mol. The predicted octanol–water partition coefficient (Wildman–Crippen LogP) is 3.23. The lowest BCUT2D eigenvalue weighted by Gasteiger charge is -2.07. The summed E-state index contributed by atoms with van der Waals surface area (Å²) < 4.78 is 0.840. The average Bonchev–Trinajstić information content (AvgIpc) is 2.53. The number of aromatic nitrogens is 2. The molecule has 0 saturated carbocycles. The Morgan fingerprint density at radius 1 is 1.10 bits per heavy atom.